The molecule has 0 radical (unpaired) electrons. The number of nitrogens with zero attached hydrogens (tertiary/aromatic N) is 6. The average molecular weight is 1440 g/mol. The molecule has 0 aliphatic carbocycles. The van der Waals surface area contributed by atoms with Crippen molar-refractivity contribution in [3.05, 3.63) is 106 Å². The molecular formula is C71H91F2N13O17. The van der Waals surface area contributed by atoms with Gasteiger partial charge in [0, 0.05) is 115 Å². The van der Waals surface area contributed by atoms with E-state index < -0.39 is 115 Å². The molecule has 3 saturated heterocycles. The number of aryl methyl sites for hydroxylation is 3. The summed E-state index contributed by atoms with van der Waals surface area (Å²) >= 11 is 0. The van der Waals surface area contributed by atoms with Crippen LogP contribution >= 0.6 is 0 Å². The summed E-state index contributed by atoms with van der Waals surface area (Å²) in [5.41, 5.74) is 13.6. The van der Waals surface area contributed by atoms with Crippen molar-refractivity contribution >= 4 is 82.3 Å². The number of fused-ring (bicyclic) bond motifs is 1. The molecule has 0 saturated carbocycles. The molecule has 0 aromatic heterocycles. The van der Waals surface area contributed by atoms with E-state index in [0.717, 1.165) is 38.9 Å². The van der Waals surface area contributed by atoms with E-state index in [1.54, 1.807) is 54.8 Å². The van der Waals surface area contributed by atoms with Crippen molar-refractivity contribution in [3.8, 4) is 22.6 Å². The highest BCUT2D eigenvalue weighted by Gasteiger charge is 2.51. The van der Waals surface area contributed by atoms with Gasteiger partial charge in [0.1, 0.15) is 18.1 Å². The molecule has 3 fully saturated rings. The fourth-order valence-electron chi connectivity index (χ4n) is 13.0. The number of likely N-dealkylation sites (tertiary alicyclic amines) is 1. The number of nitrogens with two attached hydrogens (primary N) is 1. The van der Waals surface area contributed by atoms with Crippen LogP contribution in [0.2, 0.25) is 0 Å². The number of nitrogens with one attached hydrogen (secondary N) is 6. The summed E-state index contributed by atoms with van der Waals surface area (Å²) < 4.78 is 40.0. The Morgan fingerprint density at radius 2 is 1.30 bits per heavy atom. The number of unbranched alkanes of at least 4 members (excludes halogenated alkanes) is 1. The summed E-state index contributed by atoms with van der Waals surface area (Å²) in [5.74, 6) is -13.6. The Kier molecular flexibility index (Phi) is 27.9. The van der Waals surface area contributed by atoms with Crippen LogP contribution in [-0.4, -0.2) is 252 Å². The number of benzene rings is 4. The standard InChI is InChI=1S/C71H91F2N13O17/c1-43-28-47(12-15-52(43)74)48-13-16-53(44(2)29-48)79-69(100)54(10-5-6-19-75-60(88)38-81-20-22-82(39-63(91)92)24-26-84(41-65(95)96)27-25-83(23-21-81)40-64(93)94)78-59(87)18-14-46-8-7-9-49-36-85(37-51(46)49)61(89)32-50-31-55(80-67(50)98)68(99)77-35-62(90)86-42-71(72,73)33-56(86)66(97)70(101)76-34-45-11-17-57(102-3)58(30-45)103-4/h7-9,11-13,15-17,28-30,50,54-56H,5-6,10,14,18-27,31-42,74H2,1-4H3,(H,75,88)(H,76,101)(H,77,99)(H,78,87)(H,79,100)(H,80,98)(H,91,92)(H,93,94)(H,95,96)/t50-,54?,55-,56?/m0/s1. The molecule has 556 valence electrons. The molecule has 2 unspecified atom stereocenters. The molecule has 4 aliphatic heterocycles. The highest BCUT2D eigenvalue weighted by atomic mass is 19.3. The van der Waals surface area contributed by atoms with Crippen molar-refractivity contribution in [2.75, 3.05) is 123 Å². The van der Waals surface area contributed by atoms with E-state index in [1.165, 1.54) is 14.2 Å². The van der Waals surface area contributed by atoms with E-state index in [9.17, 15) is 81.6 Å². The van der Waals surface area contributed by atoms with Crippen molar-refractivity contribution < 1.29 is 91.1 Å². The predicted octanol–water partition coefficient (Wildman–Crippen LogP) is 1.36. The highest BCUT2D eigenvalue weighted by molar-refractivity contribution is 6.38. The average Bonchev–Trinajstić information content (AvgIpc) is 1.68. The van der Waals surface area contributed by atoms with Gasteiger partial charge in [-0.05, 0) is 127 Å². The van der Waals surface area contributed by atoms with Gasteiger partial charge in [-0.3, -0.25) is 77.1 Å². The molecule has 0 bridgehead atoms. The minimum Gasteiger partial charge on any atom is -0.493 e. The van der Waals surface area contributed by atoms with Crippen molar-refractivity contribution in [3.63, 3.8) is 0 Å². The molecule has 0 spiro atoms. The molecule has 32 heteroatoms. The third-order valence-electron chi connectivity index (χ3n) is 18.8. The topological polar surface area (TPSA) is 402 Å². The van der Waals surface area contributed by atoms with E-state index in [4.69, 9.17) is 15.2 Å². The Hall–Kier alpha value is -10.2. The number of amides is 8. The van der Waals surface area contributed by atoms with Crippen molar-refractivity contribution in [1.29, 1.82) is 0 Å². The summed E-state index contributed by atoms with van der Waals surface area (Å²) in [6.45, 7) is 2.89. The first-order chi connectivity index (χ1) is 49.0. The van der Waals surface area contributed by atoms with E-state index in [1.807, 2.05) is 56.3 Å². The predicted molar refractivity (Wildman–Crippen MR) is 370 cm³/mol. The minimum absolute atomic E-state index is 0.0545. The maximum Gasteiger partial charge on any atom is 0.317 e. The summed E-state index contributed by atoms with van der Waals surface area (Å²) in [7, 11) is 2.84. The summed E-state index contributed by atoms with van der Waals surface area (Å²) in [6, 6.07) is 17.4. The first-order valence-corrected chi connectivity index (χ1v) is 34.1. The van der Waals surface area contributed by atoms with Crippen molar-refractivity contribution in [2.24, 2.45) is 5.92 Å². The lowest BCUT2D eigenvalue weighted by atomic mass is 9.99. The Morgan fingerprint density at radius 3 is 1.90 bits per heavy atom. The Balaban J connectivity index is 0.832. The Morgan fingerprint density at radius 1 is 0.689 bits per heavy atom. The molecule has 4 atom stereocenters. The van der Waals surface area contributed by atoms with Gasteiger partial charge in [0.25, 0.3) is 11.8 Å². The van der Waals surface area contributed by atoms with Gasteiger partial charge in [-0.1, -0.05) is 36.4 Å². The molecule has 11 N–H and O–H groups in total. The van der Waals surface area contributed by atoms with Crippen LogP contribution in [0.3, 0.4) is 0 Å². The zero-order valence-corrected chi connectivity index (χ0v) is 58.2. The second kappa shape index (κ2) is 36.6. The second-order valence-corrected chi connectivity index (χ2v) is 26.4. The molecule has 8 amide bonds. The molecule has 4 aromatic carbocycles. The maximum absolute atomic E-state index is 14.8. The lowest BCUT2D eigenvalue weighted by Crippen LogP contribution is -2.51. The fraction of sp³-hybridized carbons (Fsp3) is 0.493. The smallest absolute Gasteiger partial charge is 0.317 e. The first-order valence-electron chi connectivity index (χ1n) is 34.1. The van der Waals surface area contributed by atoms with Gasteiger partial charge in [0.15, 0.2) is 11.5 Å². The third kappa shape index (κ3) is 22.9. The van der Waals surface area contributed by atoms with E-state index >= 15 is 0 Å². The number of carbonyl (C=O) groups is 12. The third-order valence-corrected chi connectivity index (χ3v) is 18.8. The van der Waals surface area contributed by atoms with Crippen molar-refractivity contribution in [1.82, 2.24) is 56.0 Å². The number of anilines is 2. The van der Waals surface area contributed by atoms with Crippen LogP contribution in [-0.2, 0) is 83.6 Å². The monoisotopic (exact) mass is 1440 g/mol. The molecule has 30 nitrogen and oxygen atoms in total. The van der Waals surface area contributed by atoms with Crippen LogP contribution < -0.4 is 47.1 Å². The number of carboxylic acid groups (broad SMARTS) is 3. The molecule has 4 aromatic rings. The van der Waals surface area contributed by atoms with E-state index in [2.05, 4.69) is 31.9 Å². The van der Waals surface area contributed by atoms with Gasteiger partial charge < -0.3 is 72.2 Å². The lowest BCUT2D eigenvalue weighted by molar-refractivity contribution is -0.144. The molecule has 4 aliphatic rings. The van der Waals surface area contributed by atoms with Gasteiger partial charge in [-0.2, -0.15) is 0 Å². The highest BCUT2D eigenvalue weighted by Crippen LogP contribution is 2.34. The molecular weight excluding hydrogens is 1340 g/mol. The number of ether oxygens (including phenoxy) is 2. The van der Waals surface area contributed by atoms with Crippen LogP contribution in [0, 0.1) is 19.8 Å². The Labute approximate surface area is 594 Å². The van der Waals surface area contributed by atoms with Gasteiger partial charge in [-0.25, -0.2) is 8.78 Å². The van der Waals surface area contributed by atoms with Crippen LogP contribution in [0.1, 0.15) is 78.3 Å². The van der Waals surface area contributed by atoms with Gasteiger partial charge in [-0.15, -0.1) is 0 Å². The number of methoxy groups -OCH3 is 2. The largest absolute Gasteiger partial charge is 0.493 e. The number of nitrogen functional groups attached to an aromatic ring is 1. The number of rotatable bonds is 31. The minimum atomic E-state index is -3.52. The summed E-state index contributed by atoms with van der Waals surface area (Å²) in [5, 5.41) is 44.9. The summed E-state index contributed by atoms with van der Waals surface area (Å²) in [4.78, 5) is 166. The maximum atomic E-state index is 14.8. The van der Waals surface area contributed by atoms with Crippen LogP contribution in [0.5, 0.6) is 11.5 Å². The fourth-order valence-corrected chi connectivity index (χ4v) is 13.0. The number of carboxylic acids is 3. The number of aliphatic carboxylic acids is 3. The number of hydrogen-bond acceptors (Lipinski definition) is 19. The molecule has 4 heterocycles. The zero-order valence-electron chi connectivity index (χ0n) is 58.2. The number of hydrogen-bond donors (Lipinski definition) is 10. The number of halogens is 2. The van der Waals surface area contributed by atoms with Crippen LogP contribution in [0.25, 0.3) is 11.1 Å². The first kappa shape index (κ1) is 78.5. The molecule has 103 heavy (non-hydrogen) atoms. The van der Waals surface area contributed by atoms with E-state index in [-0.39, 0.29) is 143 Å². The van der Waals surface area contributed by atoms with Gasteiger partial charge >= 0.3 is 17.9 Å². The Bertz CT molecular complexity index is 3790. The molecule has 8 rings (SSSR count). The lowest BCUT2D eigenvalue weighted by Gasteiger charge is -2.32. The van der Waals surface area contributed by atoms with Crippen LogP contribution in [0.15, 0.2) is 72.8 Å². The number of ketones is 1. The summed E-state index contributed by atoms with van der Waals surface area (Å²) in [6.07, 6.45) is -0.430. The quantitative estimate of drug-likeness (QED) is 0.0193. The van der Waals surface area contributed by atoms with Gasteiger partial charge in [0.2, 0.25) is 47.1 Å². The second-order valence-electron chi connectivity index (χ2n) is 26.4. The number of alkyl halides is 2. The van der Waals surface area contributed by atoms with Gasteiger partial charge in [0.05, 0.1) is 53.5 Å². The zero-order chi connectivity index (χ0) is 74.7. The normalized spacial score (nSPS) is 18.4. The number of carbonyl (C=O) groups excluding carboxylic acids is 9. The SMILES string of the molecule is COc1ccc(CNC(=O)C(=O)C2CC(F)(F)CN2C(=O)CNC(=O)[C@@H]2C[C@@H](CC(=O)N3Cc4cccc(CCC(=O)NC(CCCCNC(=O)CN5CCN(CC(=O)O)CCN(CC(=O)O)CCN(CC(=O)O)CC5)C(=O)Nc5ccc(-c6ccc(N)c(C)c6)cc5C)c4C3)C(=O)N2)cc1OC. The number of Topliss-reactive ketones (excluding diaryl/α,β-unsaturated/α-hetero) is 1. The van der Waals surface area contributed by atoms with Crippen LogP contribution in [0.4, 0.5) is 20.2 Å². The van der Waals surface area contributed by atoms with Crippen molar-refractivity contribution in [2.45, 2.75) is 109 Å². The van der Waals surface area contributed by atoms with E-state index in [0.29, 0.717) is 46.2 Å².